The molecule has 0 fully saturated rings. The summed E-state index contributed by atoms with van der Waals surface area (Å²) in [5.41, 5.74) is 1.52. The summed E-state index contributed by atoms with van der Waals surface area (Å²) < 4.78 is 48.8. The van der Waals surface area contributed by atoms with Gasteiger partial charge in [-0.05, 0) is 24.1 Å². The third-order valence-corrected chi connectivity index (χ3v) is 4.10. The average Bonchev–Trinajstić information content (AvgIpc) is 3.13. The molecule has 0 radical (unpaired) electrons. The maximum absolute atomic E-state index is 12.7. The Balaban J connectivity index is 1.81. The second-order valence-electron chi connectivity index (χ2n) is 6.12. The van der Waals surface area contributed by atoms with Gasteiger partial charge in [0.05, 0.1) is 5.69 Å². The van der Waals surface area contributed by atoms with Crippen molar-refractivity contribution in [1.82, 2.24) is 5.32 Å². The van der Waals surface area contributed by atoms with Crippen LogP contribution in [0, 0.1) is 0 Å². The van der Waals surface area contributed by atoms with Gasteiger partial charge in [-0.1, -0.05) is 37.3 Å². The summed E-state index contributed by atoms with van der Waals surface area (Å²) in [5.74, 6) is 0.577. The van der Waals surface area contributed by atoms with Gasteiger partial charge in [-0.3, -0.25) is 0 Å². The Morgan fingerprint density at radius 1 is 1.07 bits per heavy atom. The quantitative estimate of drug-likeness (QED) is 0.749. The van der Waals surface area contributed by atoms with Crippen LogP contribution in [0.15, 0.2) is 60.9 Å². The van der Waals surface area contributed by atoms with E-state index >= 15 is 0 Å². The molecule has 1 atom stereocenters. The number of nitrogens with zero attached hydrogens (tertiary/aromatic N) is 1. The Hall–Kier alpha value is -2.83. The fourth-order valence-electron chi connectivity index (χ4n) is 2.79. The van der Waals surface area contributed by atoms with Crippen LogP contribution in [0.25, 0.3) is 0 Å². The molecule has 7 heteroatoms. The predicted molar refractivity (Wildman–Crippen MR) is 97.6 cm³/mol. The molecule has 0 aliphatic carbocycles. The van der Waals surface area contributed by atoms with E-state index < -0.39 is 12.8 Å². The first kappa shape index (κ1) is 18.9. The maximum Gasteiger partial charge on any atom is 0.422 e. The summed E-state index contributed by atoms with van der Waals surface area (Å²) >= 11 is 0. The van der Waals surface area contributed by atoms with E-state index in [-0.39, 0.29) is 11.9 Å². The van der Waals surface area contributed by atoms with Crippen molar-refractivity contribution < 1.29 is 22.6 Å². The fourth-order valence-corrected chi connectivity index (χ4v) is 2.79. The highest BCUT2D eigenvalue weighted by molar-refractivity contribution is 5.64. The molecule has 0 saturated heterocycles. The molecular formula is C20H21F3N2O2. The summed E-state index contributed by atoms with van der Waals surface area (Å²) in [6.07, 6.45) is -0.121. The number of alkyl halides is 3. The molecule has 144 valence electrons. The van der Waals surface area contributed by atoms with E-state index in [4.69, 9.17) is 9.47 Å². The standard InChI is InChI=1S/C20H21F3N2O2/c1-2-19-24-10-11-25(19)17-9-8-16(12-18(17)27-14-20(21,22)23)26-13-15-6-4-3-5-7-15/h3-12,19,24H,2,13-14H2,1H3. The van der Waals surface area contributed by atoms with E-state index in [2.05, 4.69) is 5.32 Å². The molecule has 0 bridgehead atoms. The van der Waals surface area contributed by atoms with Crippen LogP contribution in [0.2, 0.25) is 0 Å². The van der Waals surface area contributed by atoms with E-state index in [1.165, 1.54) is 6.07 Å². The molecule has 0 spiro atoms. The zero-order valence-corrected chi connectivity index (χ0v) is 14.9. The second kappa shape index (κ2) is 8.24. The van der Waals surface area contributed by atoms with Crippen LogP contribution in [0.4, 0.5) is 18.9 Å². The van der Waals surface area contributed by atoms with Crippen LogP contribution in [0.5, 0.6) is 11.5 Å². The first-order valence-corrected chi connectivity index (χ1v) is 8.67. The number of ether oxygens (including phenoxy) is 2. The van der Waals surface area contributed by atoms with Crippen LogP contribution < -0.4 is 19.7 Å². The molecule has 1 heterocycles. The highest BCUT2D eigenvalue weighted by Gasteiger charge is 2.30. The lowest BCUT2D eigenvalue weighted by atomic mass is 10.2. The highest BCUT2D eigenvalue weighted by Crippen LogP contribution is 2.36. The van der Waals surface area contributed by atoms with Gasteiger partial charge in [-0.2, -0.15) is 13.2 Å². The molecule has 1 N–H and O–H groups in total. The summed E-state index contributed by atoms with van der Waals surface area (Å²) in [4.78, 5) is 1.85. The average molecular weight is 378 g/mol. The fraction of sp³-hybridized carbons (Fsp3) is 0.300. The zero-order chi connectivity index (χ0) is 19.3. The Labute approximate surface area is 156 Å². The molecular weight excluding hydrogens is 357 g/mol. The maximum atomic E-state index is 12.7. The van der Waals surface area contributed by atoms with E-state index in [1.54, 1.807) is 24.5 Å². The third-order valence-electron chi connectivity index (χ3n) is 4.10. The first-order chi connectivity index (χ1) is 13.0. The minimum Gasteiger partial charge on any atom is -0.489 e. The molecule has 1 aliphatic heterocycles. The van der Waals surface area contributed by atoms with Gasteiger partial charge in [0.2, 0.25) is 0 Å². The van der Waals surface area contributed by atoms with Gasteiger partial charge < -0.3 is 19.7 Å². The molecule has 3 rings (SSSR count). The van der Waals surface area contributed by atoms with Crippen LogP contribution >= 0.6 is 0 Å². The van der Waals surface area contributed by atoms with Crippen molar-refractivity contribution in [3.63, 3.8) is 0 Å². The summed E-state index contributed by atoms with van der Waals surface area (Å²) in [6.45, 7) is 0.955. The SMILES string of the molecule is CCC1NC=CN1c1ccc(OCc2ccccc2)cc1OCC(F)(F)F. The van der Waals surface area contributed by atoms with Gasteiger partial charge in [0, 0.05) is 18.5 Å². The summed E-state index contributed by atoms with van der Waals surface area (Å²) in [5, 5.41) is 3.15. The van der Waals surface area contributed by atoms with Gasteiger partial charge in [-0.15, -0.1) is 0 Å². The summed E-state index contributed by atoms with van der Waals surface area (Å²) in [7, 11) is 0. The predicted octanol–water partition coefficient (Wildman–Crippen LogP) is 4.82. The smallest absolute Gasteiger partial charge is 0.422 e. The minimum atomic E-state index is -4.42. The monoisotopic (exact) mass is 378 g/mol. The molecule has 4 nitrogen and oxygen atoms in total. The summed E-state index contributed by atoms with van der Waals surface area (Å²) in [6, 6.07) is 14.5. The second-order valence-corrected chi connectivity index (χ2v) is 6.12. The van der Waals surface area contributed by atoms with Crippen molar-refractivity contribution in [2.75, 3.05) is 11.5 Å². The Morgan fingerprint density at radius 2 is 1.85 bits per heavy atom. The Kier molecular flexibility index (Phi) is 5.78. The number of anilines is 1. The van der Waals surface area contributed by atoms with Gasteiger partial charge in [0.1, 0.15) is 24.3 Å². The van der Waals surface area contributed by atoms with E-state index in [1.807, 2.05) is 42.2 Å². The molecule has 0 aromatic heterocycles. The van der Waals surface area contributed by atoms with Gasteiger partial charge >= 0.3 is 6.18 Å². The lowest BCUT2D eigenvalue weighted by molar-refractivity contribution is -0.153. The van der Waals surface area contributed by atoms with Crippen molar-refractivity contribution in [3.05, 3.63) is 66.5 Å². The molecule has 2 aromatic rings. The van der Waals surface area contributed by atoms with Crippen LogP contribution in [-0.4, -0.2) is 18.9 Å². The topological polar surface area (TPSA) is 33.7 Å². The lowest BCUT2D eigenvalue weighted by Gasteiger charge is -2.27. The van der Waals surface area contributed by atoms with E-state index in [9.17, 15) is 13.2 Å². The van der Waals surface area contributed by atoms with Gasteiger partial charge in [-0.25, -0.2) is 0 Å². The van der Waals surface area contributed by atoms with Gasteiger partial charge in [0.15, 0.2) is 6.61 Å². The van der Waals surface area contributed by atoms with E-state index in [0.717, 1.165) is 12.0 Å². The molecule has 1 unspecified atom stereocenters. The molecule has 2 aromatic carbocycles. The number of rotatable bonds is 7. The molecule has 27 heavy (non-hydrogen) atoms. The number of hydrogen-bond acceptors (Lipinski definition) is 4. The van der Waals surface area contributed by atoms with Crippen molar-refractivity contribution in [2.24, 2.45) is 0 Å². The van der Waals surface area contributed by atoms with Crippen molar-refractivity contribution in [2.45, 2.75) is 32.3 Å². The Bertz CT molecular complexity index is 779. The van der Waals surface area contributed by atoms with Crippen LogP contribution in [-0.2, 0) is 6.61 Å². The largest absolute Gasteiger partial charge is 0.489 e. The highest BCUT2D eigenvalue weighted by atomic mass is 19.4. The Morgan fingerprint density at radius 3 is 2.56 bits per heavy atom. The normalized spacial score (nSPS) is 16.3. The van der Waals surface area contributed by atoms with Crippen molar-refractivity contribution in [3.8, 4) is 11.5 Å². The first-order valence-electron chi connectivity index (χ1n) is 8.67. The van der Waals surface area contributed by atoms with Crippen molar-refractivity contribution >= 4 is 5.69 Å². The zero-order valence-electron chi connectivity index (χ0n) is 14.9. The van der Waals surface area contributed by atoms with Crippen LogP contribution in [0.3, 0.4) is 0 Å². The van der Waals surface area contributed by atoms with Crippen molar-refractivity contribution in [1.29, 1.82) is 0 Å². The molecule has 0 amide bonds. The molecule has 0 saturated carbocycles. The number of benzene rings is 2. The number of nitrogens with one attached hydrogen (secondary N) is 1. The van der Waals surface area contributed by atoms with Gasteiger partial charge in [0.25, 0.3) is 0 Å². The number of halogens is 3. The molecule has 1 aliphatic rings. The lowest BCUT2D eigenvalue weighted by Crippen LogP contribution is -2.34. The number of hydrogen-bond donors (Lipinski definition) is 1. The third kappa shape index (κ3) is 5.09. The van der Waals surface area contributed by atoms with Crippen LogP contribution in [0.1, 0.15) is 18.9 Å². The van der Waals surface area contributed by atoms with E-state index in [0.29, 0.717) is 18.0 Å². The minimum absolute atomic E-state index is 0.0330.